The van der Waals surface area contributed by atoms with Crippen molar-refractivity contribution in [3.63, 3.8) is 0 Å². The van der Waals surface area contributed by atoms with Crippen molar-refractivity contribution in [2.45, 2.75) is 17.1 Å². The maximum absolute atomic E-state index is 12.5. The largest absolute Gasteiger partial charge is 0.416 e. The minimum Gasteiger partial charge on any atom is -0.325 e. The fourth-order valence-corrected chi connectivity index (χ4v) is 2.82. The van der Waals surface area contributed by atoms with Gasteiger partial charge in [-0.25, -0.2) is 0 Å². The summed E-state index contributed by atoms with van der Waals surface area (Å²) in [4.78, 5) is 2.86. The maximum Gasteiger partial charge on any atom is 0.416 e. The summed E-state index contributed by atoms with van der Waals surface area (Å²) in [5.41, 5.74) is 5.06. The molecule has 0 radical (unpaired) electrons. The van der Waals surface area contributed by atoms with Crippen LogP contribution in [-0.4, -0.2) is 36.3 Å². The van der Waals surface area contributed by atoms with Gasteiger partial charge in [-0.2, -0.15) is 13.2 Å². The average molecular weight is 276 g/mol. The van der Waals surface area contributed by atoms with Crippen LogP contribution in [-0.2, 0) is 6.18 Å². The number of nitrogens with zero attached hydrogens (tertiary/aromatic N) is 1. The van der Waals surface area contributed by atoms with E-state index < -0.39 is 11.7 Å². The van der Waals surface area contributed by atoms with Crippen molar-refractivity contribution in [3.05, 3.63) is 29.8 Å². The van der Waals surface area contributed by atoms with Crippen LogP contribution in [0.25, 0.3) is 0 Å². The van der Waals surface area contributed by atoms with E-state index in [0.717, 1.165) is 31.5 Å². The van der Waals surface area contributed by atoms with E-state index >= 15 is 0 Å². The number of thioether (sulfide) groups is 1. The molecule has 18 heavy (non-hydrogen) atoms. The molecular formula is C12H15F3N2S. The lowest BCUT2D eigenvalue weighted by Gasteiger charge is -2.36. The first-order chi connectivity index (χ1) is 8.45. The molecule has 0 saturated carbocycles. The SMILES string of the molecule is NC1CN(CCSc2cccc(C(F)(F)F)c2)C1. The molecule has 1 aromatic rings. The molecule has 100 valence electrons. The molecule has 1 saturated heterocycles. The second kappa shape index (κ2) is 5.50. The smallest absolute Gasteiger partial charge is 0.325 e. The van der Waals surface area contributed by atoms with Gasteiger partial charge in [0.05, 0.1) is 5.56 Å². The molecule has 6 heteroatoms. The van der Waals surface area contributed by atoms with E-state index in [1.807, 2.05) is 0 Å². The Morgan fingerprint density at radius 2 is 2.06 bits per heavy atom. The Morgan fingerprint density at radius 1 is 1.33 bits per heavy atom. The van der Waals surface area contributed by atoms with Gasteiger partial charge < -0.3 is 5.73 Å². The Hall–Kier alpha value is -0.720. The molecule has 2 nitrogen and oxygen atoms in total. The fraction of sp³-hybridized carbons (Fsp3) is 0.500. The molecule has 2 rings (SSSR count). The van der Waals surface area contributed by atoms with Crippen LogP contribution in [0.1, 0.15) is 5.56 Å². The second-order valence-corrected chi connectivity index (χ2v) is 5.56. The molecule has 2 N–H and O–H groups in total. The van der Waals surface area contributed by atoms with Gasteiger partial charge in [-0.1, -0.05) is 6.07 Å². The molecule has 1 aliphatic rings. The molecule has 1 fully saturated rings. The van der Waals surface area contributed by atoms with Crippen molar-refractivity contribution in [2.24, 2.45) is 5.73 Å². The van der Waals surface area contributed by atoms with Gasteiger partial charge in [0.15, 0.2) is 0 Å². The lowest BCUT2D eigenvalue weighted by atomic mass is 10.1. The van der Waals surface area contributed by atoms with Crippen LogP contribution < -0.4 is 5.73 Å². The molecule has 1 heterocycles. The van der Waals surface area contributed by atoms with Crippen molar-refractivity contribution in [3.8, 4) is 0 Å². The summed E-state index contributed by atoms with van der Waals surface area (Å²) < 4.78 is 37.5. The standard InChI is InChI=1S/C12H15F3N2S/c13-12(14,15)9-2-1-3-11(6-9)18-5-4-17-7-10(16)8-17/h1-3,6,10H,4-5,7-8,16H2. The molecule has 0 bridgehead atoms. The van der Waals surface area contributed by atoms with Gasteiger partial charge in [-0.3, -0.25) is 4.90 Å². The number of hydrogen-bond acceptors (Lipinski definition) is 3. The maximum atomic E-state index is 12.5. The molecule has 1 aromatic carbocycles. The van der Waals surface area contributed by atoms with Crippen molar-refractivity contribution >= 4 is 11.8 Å². The van der Waals surface area contributed by atoms with Crippen LogP contribution in [0.3, 0.4) is 0 Å². The lowest BCUT2D eigenvalue weighted by molar-refractivity contribution is -0.137. The summed E-state index contributed by atoms with van der Waals surface area (Å²) in [5, 5.41) is 0. The van der Waals surface area contributed by atoms with E-state index in [0.29, 0.717) is 4.90 Å². The van der Waals surface area contributed by atoms with Crippen molar-refractivity contribution in [2.75, 3.05) is 25.4 Å². The molecule has 0 atom stereocenters. The predicted molar refractivity (Wildman–Crippen MR) is 66.6 cm³/mol. The highest BCUT2D eigenvalue weighted by Crippen LogP contribution is 2.31. The highest BCUT2D eigenvalue weighted by molar-refractivity contribution is 7.99. The molecule has 0 spiro atoms. The summed E-state index contributed by atoms with van der Waals surface area (Å²) in [6.07, 6.45) is -4.26. The van der Waals surface area contributed by atoms with Crippen molar-refractivity contribution in [1.82, 2.24) is 4.90 Å². The van der Waals surface area contributed by atoms with Gasteiger partial charge in [-0.05, 0) is 18.2 Å². The third kappa shape index (κ3) is 3.63. The summed E-state index contributed by atoms with van der Waals surface area (Å²) in [6, 6.07) is 5.72. The van der Waals surface area contributed by atoms with Gasteiger partial charge in [0.2, 0.25) is 0 Å². The number of hydrogen-bond donors (Lipinski definition) is 1. The molecule has 1 aliphatic heterocycles. The highest BCUT2D eigenvalue weighted by Gasteiger charge is 2.30. The quantitative estimate of drug-likeness (QED) is 0.857. The van der Waals surface area contributed by atoms with Crippen LogP contribution >= 0.6 is 11.8 Å². The first-order valence-corrected chi connectivity index (χ1v) is 6.72. The van der Waals surface area contributed by atoms with Crippen molar-refractivity contribution in [1.29, 1.82) is 0 Å². The minimum absolute atomic E-state index is 0.267. The summed E-state index contributed by atoms with van der Waals surface area (Å²) in [6.45, 7) is 2.65. The van der Waals surface area contributed by atoms with E-state index in [9.17, 15) is 13.2 Å². The Morgan fingerprint density at radius 3 is 2.67 bits per heavy atom. The van der Waals surface area contributed by atoms with E-state index in [2.05, 4.69) is 4.90 Å². The third-order valence-corrected chi connectivity index (χ3v) is 3.80. The number of benzene rings is 1. The zero-order valence-corrected chi connectivity index (χ0v) is 10.6. The molecule has 0 unspecified atom stereocenters. The normalized spacial score (nSPS) is 17.8. The average Bonchev–Trinajstić information content (AvgIpc) is 2.26. The first kappa shape index (κ1) is 13.7. The number of halogens is 3. The predicted octanol–water partition coefficient (Wildman–Crippen LogP) is 2.44. The van der Waals surface area contributed by atoms with Crippen molar-refractivity contribution < 1.29 is 13.2 Å². The second-order valence-electron chi connectivity index (χ2n) is 4.39. The number of likely N-dealkylation sites (tertiary alicyclic amines) is 1. The van der Waals surface area contributed by atoms with Gasteiger partial charge in [0.25, 0.3) is 0 Å². The molecule has 0 aromatic heterocycles. The Kier molecular flexibility index (Phi) is 4.19. The summed E-state index contributed by atoms with van der Waals surface area (Å²) >= 11 is 1.45. The zero-order chi connectivity index (χ0) is 13.2. The van der Waals surface area contributed by atoms with E-state index in [4.69, 9.17) is 5.73 Å². The topological polar surface area (TPSA) is 29.3 Å². The van der Waals surface area contributed by atoms with Crippen LogP contribution in [0.2, 0.25) is 0 Å². The molecule has 0 amide bonds. The highest BCUT2D eigenvalue weighted by atomic mass is 32.2. The molecule has 0 aliphatic carbocycles. The third-order valence-electron chi connectivity index (χ3n) is 2.82. The summed E-state index contributed by atoms with van der Waals surface area (Å²) in [7, 11) is 0. The van der Waals surface area contributed by atoms with Crippen LogP contribution in [0.5, 0.6) is 0 Å². The van der Waals surface area contributed by atoms with Gasteiger partial charge in [0.1, 0.15) is 0 Å². The lowest BCUT2D eigenvalue weighted by Crippen LogP contribution is -2.56. The summed E-state index contributed by atoms with van der Waals surface area (Å²) in [5.74, 6) is 0.786. The number of alkyl halides is 3. The number of nitrogens with two attached hydrogens (primary N) is 1. The van der Waals surface area contributed by atoms with Crippen LogP contribution in [0.15, 0.2) is 29.2 Å². The monoisotopic (exact) mass is 276 g/mol. The fourth-order valence-electron chi connectivity index (χ4n) is 1.85. The van der Waals surface area contributed by atoms with Gasteiger partial charge in [-0.15, -0.1) is 11.8 Å². The Balaban J connectivity index is 1.82. The van der Waals surface area contributed by atoms with Crippen LogP contribution in [0, 0.1) is 0 Å². The van der Waals surface area contributed by atoms with Gasteiger partial charge >= 0.3 is 6.18 Å². The number of rotatable bonds is 4. The van der Waals surface area contributed by atoms with Crippen LogP contribution in [0.4, 0.5) is 13.2 Å². The molecular weight excluding hydrogens is 261 g/mol. The Labute approximate surface area is 108 Å². The van der Waals surface area contributed by atoms with E-state index in [1.165, 1.54) is 23.9 Å². The van der Waals surface area contributed by atoms with E-state index in [-0.39, 0.29) is 6.04 Å². The minimum atomic E-state index is -4.26. The first-order valence-electron chi connectivity index (χ1n) is 5.73. The zero-order valence-electron chi connectivity index (χ0n) is 9.78. The van der Waals surface area contributed by atoms with Gasteiger partial charge in [0, 0.05) is 36.3 Å². The Bertz CT molecular complexity index is 403. The van der Waals surface area contributed by atoms with E-state index in [1.54, 1.807) is 6.07 Å².